The van der Waals surface area contributed by atoms with E-state index in [0.717, 1.165) is 29.1 Å². The lowest BCUT2D eigenvalue weighted by molar-refractivity contribution is -0.133. The molecule has 0 aromatic heterocycles. The van der Waals surface area contributed by atoms with Crippen molar-refractivity contribution in [2.24, 2.45) is 0 Å². The highest BCUT2D eigenvalue weighted by molar-refractivity contribution is 7.89. The third-order valence-electron chi connectivity index (χ3n) is 7.78. The number of benzene rings is 3. The molecule has 1 unspecified atom stereocenters. The summed E-state index contributed by atoms with van der Waals surface area (Å²) in [5.41, 5.74) is 4.54. The molecule has 1 aliphatic heterocycles. The Morgan fingerprint density at radius 1 is 0.932 bits per heavy atom. The molecule has 44 heavy (non-hydrogen) atoms. The molecule has 4 rings (SSSR count). The van der Waals surface area contributed by atoms with E-state index >= 15 is 0 Å². The molecule has 1 atom stereocenters. The average molecular weight is 623 g/mol. The second-order valence-electron chi connectivity index (χ2n) is 10.9. The largest absolute Gasteiger partial charge is 0.379 e. The van der Waals surface area contributed by atoms with Gasteiger partial charge in [0.2, 0.25) is 10.0 Å². The summed E-state index contributed by atoms with van der Waals surface area (Å²) in [6, 6.07) is 21.3. The minimum absolute atomic E-state index is 0.0280. The second-order valence-corrected chi connectivity index (χ2v) is 12.8. The monoisotopic (exact) mass is 622 g/mol. The van der Waals surface area contributed by atoms with Crippen LogP contribution in [0.4, 0.5) is 5.69 Å². The van der Waals surface area contributed by atoms with Crippen LogP contribution in [0.3, 0.4) is 0 Å². The van der Waals surface area contributed by atoms with Gasteiger partial charge in [-0.15, -0.1) is 0 Å². The summed E-state index contributed by atoms with van der Waals surface area (Å²) in [5, 5.41) is 12.4. The summed E-state index contributed by atoms with van der Waals surface area (Å²) in [6.45, 7) is 4.98. The van der Waals surface area contributed by atoms with Crippen molar-refractivity contribution in [2.75, 3.05) is 44.7 Å². The molecule has 1 fully saturated rings. The maximum atomic E-state index is 14.1. The first-order chi connectivity index (χ1) is 21.3. The van der Waals surface area contributed by atoms with E-state index in [4.69, 9.17) is 4.74 Å². The number of amides is 2. The second kappa shape index (κ2) is 16.5. The standard InChI is InChI=1S/C33H42N4O6S/c1-2-3-5-8-26-11-13-28(14-12-26)32(38)34-29-15-17-30(18-16-29)44(41,42)37(20-19-36-21-23-43-24-22-36)31(33(39)35-40)25-27-9-6-4-7-10-27/h4,6-7,9-18,31,40H,2-3,5,8,19-25H2,1H3,(H,34,38)(H,35,39). The molecule has 1 aliphatic rings. The highest BCUT2D eigenvalue weighted by Crippen LogP contribution is 2.23. The van der Waals surface area contributed by atoms with E-state index in [0.29, 0.717) is 44.1 Å². The van der Waals surface area contributed by atoms with E-state index in [1.807, 2.05) is 42.5 Å². The maximum absolute atomic E-state index is 14.1. The fourth-order valence-electron chi connectivity index (χ4n) is 5.20. The highest BCUT2D eigenvalue weighted by atomic mass is 32.2. The molecule has 0 bridgehead atoms. The van der Waals surface area contributed by atoms with Crippen molar-refractivity contribution in [3.63, 3.8) is 0 Å². The molecule has 0 aliphatic carbocycles. The third-order valence-corrected chi connectivity index (χ3v) is 9.70. The highest BCUT2D eigenvalue weighted by Gasteiger charge is 2.36. The average Bonchev–Trinajstić information content (AvgIpc) is 3.05. The molecule has 0 radical (unpaired) electrons. The number of nitrogens with zero attached hydrogens (tertiary/aromatic N) is 2. The molecular weight excluding hydrogens is 580 g/mol. The number of rotatable bonds is 15. The Balaban J connectivity index is 1.52. The summed E-state index contributed by atoms with van der Waals surface area (Å²) < 4.78 is 34.7. The minimum Gasteiger partial charge on any atom is -0.379 e. The first-order valence-electron chi connectivity index (χ1n) is 15.1. The number of nitrogens with one attached hydrogen (secondary N) is 2. The SMILES string of the molecule is CCCCCc1ccc(C(=O)Nc2ccc(S(=O)(=O)N(CCN3CCOCC3)C(Cc3ccccc3)C(=O)NO)cc2)cc1. The first-order valence-corrected chi connectivity index (χ1v) is 16.6. The minimum atomic E-state index is -4.20. The van der Waals surface area contributed by atoms with Gasteiger partial charge in [-0.25, -0.2) is 13.9 Å². The maximum Gasteiger partial charge on any atom is 0.262 e. The summed E-state index contributed by atoms with van der Waals surface area (Å²) >= 11 is 0. The molecule has 10 nitrogen and oxygen atoms in total. The Kier molecular flexibility index (Phi) is 12.5. The van der Waals surface area contributed by atoms with Gasteiger partial charge in [0.15, 0.2) is 0 Å². The zero-order valence-corrected chi connectivity index (χ0v) is 26.0. The van der Waals surface area contributed by atoms with Gasteiger partial charge in [-0.1, -0.05) is 62.2 Å². The van der Waals surface area contributed by atoms with Crippen LogP contribution in [0.25, 0.3) is 0 Å². The molecule has 1 heterocycles. The van der Waals surface area contributed by atoms with Crippen molar-refractivity contribution < 1.29 is 28.0 Å². The van der Waals surface area contributed by atoms with E-state index in [9.17, 15) is 23.2 Å². The number of sulfonamides is 1. The molecule has 1 saturated heterocycles. The van der Waals surface area contributed by atoms with Crippen LogP contribution in [0.2, 0.25) is 0 Å². The lowest BCUT2D eigenvalue weighted by atomic mass is 10.1. The predicted molar refractivity (Wildman–Crippen MR) is 169 cm³/mol. The van der Waals surface area contributed by atoms with Crippen LogP contribution in [0.1, 0.15) is 47.7 Å². The van der Waals surface area contributed by atoms with Gasteiger partial charge in [0.05, 0.1) is 18.1 Å². The van der Waals surface area contributed by atoms with Crippen LogP contribution < -0.4 is 10.8 Å². The quantitative estimate of drug-likeness (QED) is 0.132. The number of hydroxylamine groups is 1. The van der Waals surface area contributed by atoms with Crippen molar-refractivity contribution in [1.82, 2.24) is 14.7 Å². The molecule has 0 spiro atoms. The number of carbonyl (C=O) groups excluding carboxylic acids is 2. The first kappa shape index (κ1) is 33.3. The predicted octanol–water partition coefficient (Wildman–Crippen LogP) is 4.11. The van der Waals surface area contributed by atoms with E-state index < -0.39 is 22.0 Å². The topological polar surface area (TPSA) is 128 Å². The van der Waals surface area contributed by atoms with Crippen molar-refractivity contribution in [1.29, 1.82) is 0 Å². The van der Waals surface area contributed by atoms with E-state index in [1.54, 1.807) is 17.6 Å². The van der Waals surface area contributed by atoms with Gasteiger partial charge in [0.1, 0.15) is 6.04 Å². The van der Waals surface area contributed by atoms with Gasteiger partial charge >= 0.3 is 0 Å². The number of hydrogen-bond donors (Lipinski definition) is 3. The summed E-state index contributed by atoms with van der Waals surface area (Å²) in [4.78, 5) is 27.9. The van der Waals surface area contributed by atoms with Crippen LogP contribution in [-0.2, 0) is 32.4 Å². The fourth-order valence-corrected chi connectivity index (χ4v) is 6.77. The molecule has 3 aromatic rings. The zero-order valence-electron chi connectivity index (χ0n) is 25.2. The number of unbranched alkanes of at least 4 members (excludes halogenated alkanes) is 2. The Morgan fingerprint density at radius 2 is 1.61 bits per heavy atom. The summed E-state index contributed by atoms with van der Waals surface area (Å²) in [6.07, 6.45) is 4.48. The van der Waals surface area contributed by atoms with Gasteiger partial charge in [-0.3, -0.25) is 19.7 Å². The molecule has 3 N–H and O–H groups in total. The van der Waals surface area contributed by atoms with Gasteiger partial charge in [-0.05, 0) is 66.8 Å². The molecule has 236 valence electrons. The molecule has 0 saturated carbocycles. The van der Waals surface area contributed by atoms with Gasteiger partial charge < -0.3 is 10.1 Å². The summed E-state index contributed by atoms with van der Waals surface area (Å²) in [7, 11) is -4.20. The van der Waals surface area contributed by atoms with Gasteiger partial charge in [-0.2, -0.15) is 4.31 Å². The Labute approximate surface area is 260 Å². The zero-order chi connectivity index (χ0) is 31.4. The van der Waals surface area contributed by atoms with E-state index in [2.05, 4.69) is 17.1 Å². The molecule has 2 amide bonds. The fraction of sp³-hybridized carbons (Fsp3) is 0.394. The van der Waals surface area contributed by atoms with Crippen molar-refractivity contribution in [3.05, 3.63) is 95.6 Å². The van der Waals surface area contributed by atoms with Gasteiger partial charge in [0.25, 0.3) is 11.8 Å². The van der Waals surface area contributed by atoms with Crippen LogP contribution in [-0.4, -0.2) is 80.1 Å². The van der Waals surface area contributed by atoms with E-state index in [-0.39, 0.29) is 23.8 Å². The number of anilines is 1. The Hall–Kier alpha value is -3.61. The van der Waals surface area contributed by atoms with Crippen molar-refractivity contribution >= 4 is 27.5 Å². The van der Waals surface area contributed by atoms with Crippen molar-refractivity contribution in [3.8, 4) is 0 Å². The third kappa shape index (κ3) is 9.20. The lowest BCUT2D eigenvalue weighted by Gasteiger charge is -2.33. The van der Waals surface area contributed by atoms with Crippen LogP contribution in [0.15, 0.2) is 83.8 Å². The smallest absolute Gasteiger partial charge is 0.262 e. The normalized spacial score (nSPS) is 14.7. The lowest BCUT2D eigenvalue weighted by Crippen LogP contribution is -2.53. The number of carbonyl (C=O) groups is 2. The molecule has 11 heteroatoms. The molecule has 3 aromatic carbocycles. The summed E-state index contributed by atoms with van der Waals surface area (Å²) in [5.74, 6) is -1.12. The van der Waals surface area contributed by atoms with E-state index in [1.165, 1.54) is 36.2 Å². The Bertz CT molecular complexity index is 1440. The van der Waals surface area contributed by atoms with Crippen LogP contribution in [0.5, 0.6) is 0 Å². The van der Waals surface area contributed by atoms with Crippen LogP contribution in [0, 0.1) is 0 Å². The number of ether oxygens (including phenoxy) is 1. The number of morpholine rings is 1. The number of aryl methyl sites for hydroxylation is 1. The Morgan fingerprint density at radius 3 is 2.25 bits per heavy atom. The van der Waals surface area contributed by atoms with Gasteiger partial charge in [0, 0.05) is 37.4 Å². The van der Waals surface area contributed by atoms with Crippen molar-refractivity contribution in [2.45, 2.75) is 50.0 Å². The number of hydrogen-bond acceptors (Lipinski definition) is 7. The van der Waals surface area contributed by atoms with Crippen LogP contribution >= 0.6 is 0 Å². The molecular formula is C33H42N4O6S.